The fraction of sp³-hybridized carbons (Fsp3) is 0.500. The van der Waals surface area contributed by atoms with Gasteiger partial charge in [-0.1, -0.05) is 19.1 Å². The molecule has 0 aromatic heterocycles. The number of hydrogen-bond donors (Lipinski definition) is 6. The Morgan fingerprint density at radius 2 is 1.14 bits per heavy atom. The first kappa shape index (κ1) is 32.8. The maximum atomic E-state index is 12.6. The van der Waals surface area contributed by atoms with Gasteiger partial charge in [-0.25, -0.2) is 0 Å². The quantitative estimate of drug-likeness (QED) is 0.149. The fourth-order valence-electron chi connectivity index (χ4n) is 5.22. The van der Waals surface area contributed by atoms with Crippen LogP contribution in [0.15, 0.2) is 36.4 Å². The van der Waals surface area contributed by atoms with Gasteiger partial charge < -0.3 is 32.3 Å². The lowest BCUT2D eigenvalue weighted by atomic mass is 9.94. The van der Waals surface area contributed by atoms with Crippen molar-refractivity contribution in [1.29, 1.82) is 0 Å². The second kappa shape index (κ2) is 17.3. The van der Waals surface area contributed by atoms with Crippen LogP contribution in [0.5, 0.6) is 0 Å². The molecule has 2 aromatic carbocycles. The summed E-state index contributed by atoms with van der Waals surface area (Å²) >= 11 is 0. The van der Waals surface area contributed by atoms with Gasteiger partial charge in [0.05, 0.1) is 0 Å². The van der Waals surface area contributed by atoms with Crippen molar-refractivity contribution < 1.29 is 19.2 Å². The summed E-state index contributed by atoms with van der Waals surface area (Å²) in [7, 11) is 1.88. The topological polar surface area (TPSA) is 154 Å². The van der Waals surface area contributed by atoms with Crippen molar-refractivity contribution in [2.75, 3.05) is 43.9 Å². The number of anilines is 2. The van der Waals surface area contributed by atoms with Crippen LogP contribution in [0.2, 0.25) is 0 Å². The van der Waals surface area contributed by atoms with E-state index < -0.39 is 0 Å². The number of benzene rings is 2. The molecule has 0 fully saturated rings. The normalized spacial score (nSPS) is 13.2. The van der Waals surface area contributed by atoms with Gasteiger partial charge in [0.1, 0.15) is 0 Å². The average molecular weight is 579 g/mol. The van der Waals surface area contributed by atoms with Crippen molar-refractivity contribution in [3.63, 3.8) is 0 Å². The van der Waals surface area contributed by atoms with E-state index in [1.165, 1.54) is 0 Å². The summed E-state index contributed by atoms with van der Waals surface area (Å²) in [6, 6.07) is 12.0. The van der Waals surface area contributed by atoms with Crippen LogP contribution < -0.4 is 32.3 Å². The van der Waals surface area contributed by atoms with E-state index >= 15 is 0 Å². The van der Waals surface area contributed by atoms with E-state index in [4.69, 9.17) is 5.73 Å². The molecule has 0 heterocycles. The third kappa shape index (κ3) is 9.95. The molecule has 42 heavy (non-hydrogen) atoms. The van der Waals surface area contributed by atoms with E-state index in [-0.39, 0.29) is 42.4 Å². The van der Waals surface area contributed by atoms with Crippen molar-refractivity contribution >= 4 is 35.0 Å². The Morgan fingerprint density at radius 3 is 1.60 bits per heavy atom. The predicted octanol–water partition coefficient (Wildman–Crippen LogP) is 3.62. The second-order valence-corrected chi connectivity index (χ2v) is 10.7. The molecule has 10 nitrogen and oxygen atoms in total. The van der Waals surface area contributed by atoms with Crippen molar-refractivity contribution in [2.45, 2.75) is 70.6 Å². The maximum absolute atomic E-state index is 12.6. The van der Waals surface area contributed by atoms with Crippen LogP contribution >= 0.6 is 0 Å². The van der Waals surface area contributed by atoms with Crippen molar-refractivity contribution in [3.8, 4) is 11.1 Å². The molecule has 3 rings (SSSR count). The molecular weight excluding hydrogens is 532 g/mol. The Hall–Kier alpha value is -3.76. The van der Waals surface area contributed by atoms with Gasteiger partial charge in [0.25, 0.3) is 0 Å². The number of hydrogen-bond acceptors (Lipinski definition) is 6. The van der Waals surface area contributed by atoms with Crippen molar-refractivity contribution in [2.24, 2.45) is 5.73 Å². The Bertz CT molecular complexity index is 1230. The fourth-order valence-corrected chi connectivity index (χ4v) is 5.22. The van der Waals surface area contributed by atoms with Crippen LogP contribution in [-0.2, 0) is 19.2 Å². The van der Waals surface area contributed by atoms with Gasteiger partial charge >= 0.3 is 0 Å². The molecule has 1 unspecified atom stereocenters. The minimum Gasteiger partial charge on any atom is -0.356 e. The first-order chi connectivity index (χ1) is 20.4. The molecule has 0 bridgehead atoms. The minimum atomic E-state index is -0.121. The highest BCUT2D eigenvalue weighted by molar-refractivity contribution is 5.94. The number of fused-ring (bicyclic) bond motifs is 3. The number of nitrogens with one attached hydrogen (secondary N) is 5. The number of nitrogens with two attached hydrogens (primary N) is 1. The SMILES string of the molecule is CCC1c2cc(NC(=O)CCCC(=O)NCCCN)ccc2-c2ccc(NC(=O)CCCC(=O)NCCCNC)cc21. The van der Waals surface area contributed by atoms with Gasteiger partial charge in [0, 0.05) is 56.1 Å². The largest absolute Gasteiger partial charge is 0.356 e. The Balaban J connectivity index is 1.51. The Morgan fingerprint density at radius 1 is 0.667 bits per heavy atom. The molecule has 10 heteroatoms. The van der Waals surface area contributed by atoms with Crippen LogP contribution in [0.25, 0.3) is 11.1 Å². The van der Waals surface area contributed by atoms with Gasteiger partial charge in [-0.05, 0) is 98.8 Å². The monoisotopic (exact) mass is 578 g/mol. The smallest absolute Gasteiger partial charge is 0.224 e. The van der Waals surface area contributed by atoms with Gasteiger partial charge in [-0.15, -0.1) is 0 Å². The number of carbonyl (C=O) groups is 4. The minimum absolute atomic E-state index is 0.0306. The zero-order valence-electron chi connectivity index (χ0n) is 24.9. The highest BCUT2D eigenvalue weighted by atomic mass is 16.2. The standard InChI is InChI=1S/C32H46N6O4/c1-3-24-27-20-22(37-31(41)10-4-8-29(39)35-18-6-16-33)12-14-25(27)26-15-13-23(21-28(24)26)38-32(42)11-5-9-30(40)36-19-7-17-34-2/h12-15,20-21,24,34H,3-11,16-19,33H2,1-2H3,(H,35,39)(H,36,40)(H,37,41)(H,38,42). The zero-order chi connectivity index (χ0) is 30.3. The first-order valence-electron chi connectivity index (χ1n) is 15.1. The average Bonchev–Trinajstić information content (AvgIpc) is 3.27. The molecule has 4 amide bonds. The molecule has 0 saturated heterocycles. The number of rotatable bonds is 18. The van der Waals surface area contributed by atoms with Crippen LogP contribution in [0.3, 0.4) is 0 Å². The molecule has 0 saturated carbocycles. The molecule has 1 aliphatic rings. The highest BCUT2D eigenvalue weighted by Crippen LogP contribution is 2.48. The van der Waals surface area contributed by atoms with Crippen LogP contribution in [0.4, 0.5) is 11.4 Å². The van der Waals surface area contributed by atoms with E-state index in [0.29, 0.717) is 45.3 Å². The molecule has 0 spiro atoms. The molecule has 1 atom stereocenters. The van der Waals surface area contributed by atoms with Crippen LogP contribution in [0.1, 0.15) is 81.8 Å². The summed E-state index contributed by atoms with van der Waals surface area (Å²) in [6.07, 6.45) is 4.64. The lowest BCUT2D eigenvalue weighted by Crippen LogP contribution is -2.26. The van der Waals surface area contributed by atoms with Crippen molar-refractivity contribution in [3.05, 3.63) is 47.5 Å². The van der Waals surface area contributed by atoms with Gasteiger partial charge in [-0.2, -0.15) is 0 Å². The molecule has 1 aliphatic carbocycles. The van der Waals surface area contributed by atoms with Crippen LogP contribution in [-0.4, -0.2) is 56.9 Å². The van der Waals surface area contributed by atoms with E-state index in [1.807, 2.05) is 43.4 Å². The second-order valence-electron chi connectivity index (χ2n) is 10.7. The summed E-state index contributed by atoms with van der Waals surface area (Å²) in [6.45, 7) is 4.70. The maximum Gasteiger partial charge on any atom is 0.224 e. The van der Waals surface area contributed by atoms with E-state index in [9.17, 15) is 19.2 Å². The summed E-state index contributed by atoms with van der Waals surface area (Å²) in [5, 5.41) is 14.7. The highest BCUT2D eigenvalue weighted by Gasteiger charge is 2.28. The van der Waals surface area contributed by atoms with Gasteiger partial charge in [0.15, 0.2) is 0 Å². The Kier molecular flexibility index (Phi) is 13.5. The third-order valence-electron chi connectivity index (χ3n) is 7.36. The molecular formula is C32H46N6O4. The zero-order valence-corrected chi connectivity index (χ0v) is 24.9. The van der Waals surface area contributed by atoms with Gasteiger partial charge in [0.2, 0.25) is 23.6 Å². The lowest BCUT2D eigenvalue weighted by molar-refractivity contribution is -0.122. The molecule has 2 aromatic rings. The van der Waals surface area contributed by atoms with E-state index in [1.54, 1.807) is 0 Å². The summed E-state index contributed by atoms with van der Waals surface area (Å²) in [5.74, 6) is -0.180. The van der Waals surface area contributed by atoms with Gasteiger partial charge in [-0.3, -0.25) is 19.2 Å². The predicted molar refractivity (Wildman–Crippen MR) is 167 cm³/mol. The molecule has 0 radical (unpaired) electrons. The summed E-state index contributed by atoms with van der Waals surface area (Å²) in [5.41, 5.74) is 11.5. The molecule has 228 valence electrons. The molecule has 0 aliphatic heterocycles. The van der Waals surface area contributed by atoms with E-state index in [2.05, 4.69) is 33.5 Å². The first-order valence-corrected chi connectivity index (χ1v) is 15.1. The summed E-state index contributed by atoms with van der Waals surface area (Å²) < 4.78 is 0. The summed E-state index contributed by atoms with van der Waals surface area (Å²) in [4.78, 5) is 48.9. The third-order valence-corrected chi connectivity index (χ3v) is 7.36. The van der Waals surface area contributed by atoms with Crippen molar-refractivity contribution in [1.82, 2.24) is 16.0 Å². The number of carbonyl (C=O) groups excluding carboxylic acids is 4. The Labute approximate surface area is 249 Å². The molecule has 7 N–H and O–H groups in total. The number of amides is 4. The van der Waals surface area contributed by atoms with E-state index in [0.717, 1.165) is 59.4 Å². The van der Waals surface area contributed by atoms with Crippen LogP contribution in [0, 0.1) is 0 Å². The lowest BCUT2D eigenvalue weighted by Gasteiger charge is -2.13.